The Bertz CT molecular complexity index is 1400. The van der Waals surface area contributed by atoms with Crippen molar-refractivity contribution in [1.29, 1.82) is 0 Å². The number of nitrogens with one attached hydrogen (secondary N) is 2. The lowest BCUT2D eigenvalue weighted by atomic mass is 9.95. The third-order valence-corrected chi connectivity index (χ3v) is 6.00. The second-order valence-electron chi connectivity index (χ2n) is 7.97. The largest absolute Gasteiger partial charge is 0.497 e. The Morgan fingerprint density at radius 2 is 1.97 bits per heavy atom. The molecule has 11 heteroatoms. The van der Waals surface area contributed by atoms with Gasteiger partial charge in [0, 0.05) is 23.6 Å². The number of hydrogen-bond donors (Lipinski definition) is 2. The van der Waals surface area contributed by atoms with Crippen LogP contribution in [0.15, 0.2) is 40.8 Å². The van der Waals surface area contributed by atoms with Crippen LogP contribution >= 0.6 is 0 Å². The normalized spacial score (nSPS) is 19.3. The van der Waals surface area contributed by atoms with Crippen molar-refractivity contribution >= 4 is 34.8 Å². The molecule has 0 spiro atoms. The molecule has 34 heavy (non-hydrogen) atoms. The fraction of sp³-hybridized carbons (Fsp3) is 0.217. The Labute approximate surface area is 191 Å². The zero-order valence-corrected chi connectivity index (χ0v) is 18.1. The maximum absolute atomic E-state index is 14.4. The Balaban J connectivity index is 1.56. The topological polar surface area (TPSA) is 127 Å². The van der Waals surface area contributed by atoms with Crippen molar-refractivity contribution in [2.75, 3.05) is 20.8 Å². The van der Waals surface area contributed by atoms with E-state index in [1.165, 1.54) is 24.1 Å². The van der Waals surface area contributed by atoms with E-state index in [2.05, 4.69) is 15.4 Å². The first-order valence-corrected chi connectivity index (χ1v) is 10.2. The van der Waals surface area contributed by atoms with Crippen LogP contribution in [0.5, 0.6) is 5.75 Å². The van der Waals surface area contributed by atoms with Gasteiger partial charge < -0.3 is 24.1 Å². The lowest BCUT2D eigenvalue weighted by molar-refractivity contribution is -0.125. The molecule has 1 fully saturated rings. The van der Waals surface area contributed by atoms with Crippen LogP contribution in [-0.4, -0.2) is 49.5 Å². The van der Waals surface area contributed by atoms with Crippen LogP contribution in [0.2, 0.25) is 0 Å². The van der Waals surface area contributed by atoms with Gasteiger partial charge in [-0.05, 0) is 29.8 Å². The number of benzene rings is 2. The first-order valence-electron chi connectivity index (χ1n) is 10.2. The summed E-state index contributed by atoms with van der Waals surface area (Å²) in [6.45, 7) is -0.0447. The number of amides is 4. The molecule has 0 radical (unpaired) electrons. The molecule has 1 aromatic heterocycles. The minimum absolute atomic E-state index is 0.0198. The fourth-order valence-electron chi connectivity index (χ4n) is 4.27. The number of esters is 1. The third kappa shape index (κ3) is 3.16. The van der Waals surface area contributed by atoms with Gasteiger partial charge in [0.1, 0.15) is 22.9 Å². The molecule has 0 saturated carbocycles. The van der Waals surface area contributed by atoms with Crippen LogP contribution in [0, 0.1) is 5.82 Å². The highest BCUT2D eigenvalue weighted by Gasteiger charge is 2.53. The Morgan fingerprint density at radius 3 is 2.65 bits per heavy atom. The quantitative estimate of drug-likeness (QED) is 0.434. The van der Waals surface area contributed by atoms with Crippen LogP contribution in [-0.2, 0) is 21.6 Å². The third-order valence-electron chi connectivity index (χ3n) is 6.00. The highest BCUT2D eigenvalue weighted by Crippen LogP contribution is 2.35. The monoisotopic (exact) mass is 467 g/mol. The summed E-state index contributed by atoms with van der Waals surface area (Å²) < 4.78 is 29.9. The molecule has 3 heterocycles. The molecule has 0 aliphatic carbocycles. The Hall–Kier alpha value is -4.41. The number of carbonyl (C=O) groups excluding carboxylic acids is 4. The number of halogens is 1. The summed E-state index contributed by atoms with van der Waals surface area (Å²) in [6.07, 6.45) is 0. The van der Waals surface area contributed by atoms with E-state index in [4.69, 9.17) is 9.15 Å². The molecule has 5 rings (SSSR count). The summed E-state index contributed by atoms with van der Waals surface area (Å²) in [6, 6.07) is 7.97. The van der Waals surface area contributed by atoms with Crippen molar-refractivity contribution in [3.05, 3.63) is 64.7 Å². The Kier molecular flexibility index (Phi) is 4.78. The molecule has 2 aliphatic heterocycles. The highest BCUT2D eigenvalue weighted by atomic mass is 19.1. The minimum atomic E-state index is -1.76. The van der Waals surface area contributed by atoms with Crippen LogP contribution in [0.3, 0.4) is 0 Å². The molecule has 4 amide bonds. The zero-order valence-electron chi connectivity index (χ0n) is 18.1. The van der Waals surface area contributed by atoms with Crippen LogP contribution < -0.4 is 15.4 Å². The van der Waals surface area contributed by atoms with Crippen molar-refractivity contribution in [2.24, 2.45) is 0 Å². The number of imide groups is 1. The maximum atomic E-state index is 14.4. The SMILES string of the molecule is COC(=O)c1cc2cc([C@]3(CN4Cc5ccc(OC)cc5C4=O)NC(=O)NC3=O)oc2cc1F. The van der Waals surface area contributed by atoms with E-state index in [1.807, 2.05) is 0 Å². The lowest BCUT2D eigenvalue weighted by Crippen LogP contribution is -2.52. The Morgan fingerprint density at radius 1 is 1.18 bits per heavy atom. The van der Waals surface area contributed by atoms with Crippen molar-refractivity contribution in [3.8, 4) is 5.75 Å². The van der Waals surface area contributed by atoms with E-state index in [0.29, 0.717) is 16.7 Å². The van der Waals surface area contributed by atoms with Crippen molar-refractivity contribution in [2.45, 2.75) is 12.1 Å². The number of urea groups is 1. The standard InChI is InChI=1S/C23H18FN3O7/c1-32-13-4-3-11-9-27(19(28)14(11)7-13)10-23(21(30)25-22(31)26-23)18-6-12-5-15(20(29)33-2)16(24)8-17(12)34-18/h3-8H,9-10H2,1-2H3,(H2,25,26,30,31)/t23-/m0/s1. The lowest BCUT2D eigenvalue weighted by Gasteiger charge is -2.29. The van der Waals surface area contributed by atoms with Crippen LogP contribution in [0.25, 0.3) is 11.0 Å². The van der Waals surface area contributed by atoms with Gasteiger partial charge in [-0.25, -0.2) is 14.0 Å². The fourth-order valence-corrected chi connectivity index (χ4v) is 4.27. The number of carbonyl (C=O) groups is 4. The van der Waals surface area contributed by atoms with E-state index in [1.54, 1.807) is 18.2 Å². The predicted molar refractivity (Wildman–Crippen MR) is 114 cm³/mol. The van der Waals surface area contributed by atoms with Gasteiger partial charge in [-0.1, -0.05) is 6.07 Å². The van der Waals surface area contributed by atoms with E-state index in [0.717, 1.165) is 18.7 Å². The van der Waals surface area contributed by atoms with E-state index in [9.17, 15) is 23.6 Å². The maximum Gasteiger partial charge on any atom is 0.340 e. The molecular weight excluding hydrogens is 449 g/mol. The zero-order chi connectivity index (χ0) is 24.2. The van der Waals surface area contributed by atoms with Gasteiger partial charge in [-0.3, -0.25) is 14.9 Å². The summed E-state index contributed by atoms with van der Waals surface area (Å²) in [5.74, 6) is -2.33. The molecular formula is C23H18FN3O7. The molecule has 174 valence electrons. The molecule has 1 atom stereocenters. The van der Waals surface area contributed by atoms with Crippen molar-refractivity contribution in [3.63, 3.8) is 0 Å². The molecule has 1 saturated heterocycles. The van der Waals surface area contributed by atoms with Gasteiger partial charge in [-0.15, -0.1) is 0 Å². The smallest absolute Gasteiger partial charge is 0.340 e. The number of furan rings is 1. The highest BCUT2D eigenvalue weighted by molar-refractivity contribution is 6.08. The minimum Gasteiger partial charge on any atom is -0.497 e. The second-order valence-corrected chi connectivity index (χ2v) is 7.97. The van der Waals surface area contributed by atoms with Crippen molar-refractivity contribution < 1.29 is 37.5 Å². The van der Waals surface area contributed by atoms with E-state index >= 15 is 0 Å². The number of fused-ring (bicyclic) bond motifs is 2. The molecule has 2 aromatic carbocycles. The number of hydrogen-bond acceptors (Lipinski definition) is 7. The summed E-state index contributed by atoms with van der Waals surface area (Å²) in [5.41, 5.74) is -0.863. The van der Waals surface area contributed by atoms with Gasteiger partial charge in [0.15, 0.2) is 5.54 Å². The van der Waals surface area contributed by atoms with Crippen LogP contribution in [0.4, 0.5) is 9.18 Å². The molecule has 2 N–H and O–H groups in total. The van der Waals surface area contributed by atoms with Gasteiger partial charge in [0.05, 0.1) is 26.3 Å². The van der Waals surface area contributed by atoms with Gasteiger partial charge in [0.25, 0.3) is 11.8 Å². The molecule has 3 aromatic rings. The summed E-state index contributed by atoms with van der Waals surface area (Å²) in [4.78, 5) is 51.4. The van der Waals surface area contributed by atoms with E-state index < -0.39 is 29.3 Å². The number of methoxy groups -OCH3 is 2. The first-order chi connectivity index (χ1) is 16.3. The predicted octanol–water partition coefficient (Wildman–Crippen LogP) is 2.06. The molecule has 0 unspecified atom stereocenters. The van der Waals surface area contributed by atoms with Crippen molar-refractivity contribution in [1.82, 2.24) is 15.5 Å². The summed E-state index contributed by atoms with van der Waals surface area (Å²) in [7, 11) is 2.61. The van der Waals surface area contributed by atoms with Crippen LogP contribution in [0.1, 0.15) is 32.0 Å². The second kappa shape index (κ2) is 7.58. The average Bonchev–Trinajstić information content (AvgIpc) is 3.46. The number of ether oxygens (including phenoxy) is 2. The molecule has 10 nitrogen and oxygen atoms in total. The van der Waals surface area contributed by atoms with Gasteiger partial charge in [-0.2, -0.15) is 0 Å². The molecule has 2 aliphatic rings. The summed E-state index contributed by atoms with van der Waals surface area (Å²) >= 11 is 0. The average molecular weight is 467 g/mol. The summed E-state index contributed by atoms with van der Waals surface area (Å²) in [5, 5.41) is 5.04. The first kappa shape index (κ1) is 21.4. The number of nitrogens with zero attached hydrogens (tertiary/aromatic N) is 1. The van der Waals surface area contributed by atoms with Gasteiger partial charge >= 0.3 is 12.0 Å². The molecule has 0 bridgehead atoms. The van der Waals surface area contributed by atoms with Gasteiger partial charge in [0.2, 0.25) is 0 Å². The number of rotatable bonds is 5. The van der Waals surface area contributed by atoms with E-state index in [-0.39, 0.29) is 35.9 Å².